The van der Waals surface area contributed by atoms with Crippen molar-refractivity contribution in [2.45, 2.75) is 17.2 Å². The van der Waals surface area contributed by atoms with Crippen molar-refractivity contribution in [2.24, 2.45) is 0 Å². The SMILES string of the molecule is CN(CC(=O)N1CCc2ccccc2C1)S(=O)(=O)c1ccc(Cl)s1. The van der Waals surface area contributed by atoms with Gasteiger partial charge in [0.15, 0.2) is 0 Å². The normalized spacial score (nSPS) is 14.7. The molecule has 1 aliphatic heterocycles. The molecule has 128 valence electrons. The maximum Gasteiger partial charge on any atom is 0.252 e. The predicted octanol–water partition coefficient (Wildman–Crippen LogP) is 2.61. The van der Waals surface area contributed by atoms with Gasteiger partial charge in [-0.1, -0.05) is 35.9 Å². The van der Waals surface area contributed by atoms with Gasteiger partial charge < -0.3 is 4.90 Å². The van der Waals surface area contributed by atoms with Crippen molar-refractivity contribution < 1.29 is 13.2 Å². The van der Waals surface area contributed by atoms with Crippen molar-refractivity contribution in [3.63, 3.8) is 0 Å². The van der Waals surface area contributed by atoms with Crippen LogP contribution in [0.2, 0.25) is 4.34 Å². The lowest BCUT2D eigenvalue weighted by Crippen LogP contribution is -2.43. The van der Waals surface area contributed by atoms with Gasteiger partial charge in [0.05, 0.1) is 10.9 Å². The maximum atomic E-state index is 12.5. The third-order valence-electron chi connectivity index (χ3n) is 4.05. The number of hydrogen-bond acceptors (Lipinski definition) is 4. The number of sulfonamides is 1. The number of thiophene rings is 1. The summed E-state index contributed by atoms with van der Waals surface area (Å²) in [5.41, 5.74) is 2.36. The Morgan fingerprint density at radius 3 is 2.62 bits per heavy atom. The van der Waals surface area contributed by atoms with Gasteiger partial charge >= 0.3 is 0 Å². The minimum absolute atomic E-state index is 0.145. The highest BCUT2D eigenvalue weighted by molar-refractivity contribution is 7.91. The smallest absolute Gasteiger partial charge is 0.252 e. The number of fused-ring (bicyclic) bond motifs is 1. The summed E-state index contributed by atoms with van der Waals surface area (Å²) in [5.74, 6) is -0.196. The summed E-state index contributed by atoms with van der Waals surface area (Å²) in [6.45, 7) is 0.947. The molecule has 24 heavy (non-hydrogen) atoms. The predicted molar refractivity (Wildman–Crippen MR) is 94.7 cm³/mol. The number of carbonyl (C=O) groups is 1. The van der Waals surface area contributed by atoms with E-state index in [-0.39, 0.29) is 16.7 Å². The minimum atomic E-state index is -3.69. The van der Waals surface area contributed by atoms with Gasteiger partial charge in [-0.3, -0.25) is 4.79 Å². The van der Waals surface area contributed by atoms with Gasteiger partial charge in [0.25, 0.3) is 10.0 Å². The molecule has 8 heteroatoms. The van der Waals surface area contributed by atoms with E-state index in [0.717, 1.165) is 27.6 Å². The summed E-state index contributed by atoms with van der Waals surface area (Å²) in [6, 6.07) is 11.0. The van der Waals surface area contributed by atoms with Gasteiger partial charge in [-0.05, 0) is 29.7 Å². The first-order valence-corrected chi connectivity index (χ1v) is 10.1. The van der Waals surface area contributed by atoms with Gasteiger partial charge in [-0.15, -0.1) is 11.3 Å². The van der Waals surface area contributed by atoms with Crippen LogP contribution in [0, 0.1) is 0 Å². The number of halogens is 1. The molecule has 0 spiro atoms. The van der Waals surface area contributed by atoms with Crippen molar-refractivity contribution in [3.05, 3.63) is 51.9 Å². The number of carbonyl (C=O) groups excluding carboxylic acids is 1. The largest absolute Gasteiger partial charge is 0.337 e. The van der Waals surface area contributed by atoms with Crippen LogP contribution in [-0.2, 0) is 27.8 Å². The number of amides is 1. The topological polar surface area (TPSA) is 57.7 Å². The van der Waals surface area contributed by atoms with Gasteiger partial charge in [-0.25, -0.2) is 8.42 Å². The summed E-state index contributed by atoms with van der Waals surface area (Å²) < 4.78 is 26.6. The Labute approximate surface area is 150 Å². The quantitative estimate of drug-likeness (QED) is 0.814. The average Bonchev–Trinajstić information content (AvgIpc) is 3.01. The van der Waals surface area contributed by atoms with E-state index in [0.29, 0.717) is 17.4 Å². The van der Waals surface area contributed by atoms with Gasteiger partial charge in [-0.2, -0.15) is 4.31 Å². The average molecular weight is 385 g/mol. The van der Waals surface area contributed by atoms with Crippen LogP contribution in [0.4, 0.5) is 0 Å². The fourth-order valence-corrected chi connectivity index (χ4v) is 5.49. The van der Waals surface area contributed by atoms with Crippen LogP contribution < -0.4 is 0 Å². The molecule has 1 amide bonds. The number of likely N-dealkylation sites (N-methyl/N-ethyl adjacent to an activating group) is 1. The Bertz CT molecular complexity index is 864. The molecule has 1 aromatic carbocycles. The van der Waals surface area contributed by atoms with E-state index < -0.39 is 10.0 Å². The monoisotopic (exact) mass is 384 g/mol. The fraction of sp³-hybridized carbons (Fsp3) is 0.312. The van der Waals surface area contributed by atoms with E-state index in [1.54, 1.807) is 4.90 Å². The molecule has 0 bridgehead atoms. The van der Waals surface area contributed by atoms with Crippen molar-refractivity contribution in [2.75, 3.05) is 20.1 Å². The van der Waals surface area contributed by atoms with Gasteiger partial charge in [0, 0.05) is 20.1 Å². The molecule has 0 atom stereocenters. The molecule has 2 heterocycles. The molecule has 5 nitrogen and oxygen atoms in total. The molecule has 0 fully saturated rings. The molecule has 0 radical (unpaired) electrons. The molecule has 1 aromatic heterocycles. The fourth-order valence-electron chi connectivity index (χ4n) is 2.67. The number of nitrogens with zero attached hydrogens (tertiary/aromatic N) is 2. The third kappa shape index (κ3) is 3.49. The van der Waals surface area contributed by atoms with Crippen molar-refractivity contribution in [1.29, 1.82) is 0 Å². The first kappa shape index (κ1) is 17.4. The summed E-state index contributed by atoms with van der Waals surface area (Å²) in [4.78, 5) is 14.2. The maximum absolute atomic E-state index is 12.5. The van der Waals surface area contributed by atoms with Crippen molar-refractivity contribution >= 4 is 38.9 Å². The van der Waals surface area contributed by atoms with Crippen LogP contribution in [0.1, 0.15) is 11.1 Å². The molecule has 0 N–H and O–H groups in total. The molecule has 0 saturated carbocycles. The second-order valence-electron chi connectivity index (χ2n) is 5.65. The highest BCUT2D eigenvalue weighted by Gasteiger charge is 2.28. The van der Waals surface area contributed by atoms with E-state index in [2.05, 4.69) is 6.07 Å². The standard InChI is InChI=1S/C16H17ClN2O3S2/c1-18(24(21,22)16-7-6-14(17)23-16)11-15(20)19-9-8-12-4-2-3-5-13(12)10-19/h2-7H,8-11H2,1H3. The minimum Gasteiger partial charge on any atom is -0.337 e. The molecule has 0 unspecified atom stereocenters. The molecule has 0 aliphatic carbocycles. The zero-order valence-electron chi connectivity index (χ0n) is 13.1. The molecule has 1 aliphatic rings. The van der Waals surface area contributed by atoms with E-state index in [4.69, 9.17) is 11.6 Å². The second kappa shape index (κ2) is 6.84. The van der Waals surface area contributed by atoms with Crippen molar-refractivity contribution in [3.8, 4) is 0 Å². The molecule has 3 rings (SSSR count). The van der Waals surface area contributed by atoms with Crippen LogP contribution in [0.25, 0.3) is 0 Å². The highest BCUT2D eigenvalue weighted by Crippen LogP contribution is 2.27. The Morgan fingerprint density at radius 2 is 1.96 bits per heavy atom. The Balaban J connectivity index is 1.69. The Hall–Kier alpha value is -1.41. The van der Waals surface area contributed by atoms with E-state index >= 15 is 0 Å². The number of rotatable bonds is 4. The lowest BCUT2D eigenvalue weighted by Gasteiger charge is -2.30. The molecular formula is C16H17ClN2O3S2. The molecule has 2 aromatic rings. The summed E-state index contributed by atoms with van der Waals surface area (Å²) in [7, 11) is -2.28. The summed E-state index contributed by atoms with van der Waals surface area (Å²) in [5, 5.41) is 0. The van der Waals surface area contributed by atoms with E-state index in [1.165, 1.54) is 24.7 Å². The molecular weight excluding hydrogens is 368 g/mol. The second-order valence-corrected chi connectivity index (χ2v) is 9.64. The van der Waals surface area contributed by atoms with Crippen LogP contribution in [-0.4, -0.2) is 43.7 Å². The lowest BCUT2D eigenvalue weighted by molar-refractivity contribution is -0.132. The van der Waals surface area contributed by atoms with Gasteiger partial charge in [0.1, 0.15) is 4.21 Å². The van der Waals surface area contributed by atoms with Crippen molar-refractivity contribution in [1.82, 2.24) is 9.21 Å². The van der Waals surface area contributed by atoms with Gasteiger partial charge in [0.2, 0.25) is 5.91 Å². The number of hydrogen-bond donors (Lipinski definition) is 0. The first-order chi connectivity index (χ1) is 11.4. The third-order valence-corrected chi connectivity index (χ3v) is 7.56. The van der Waals surface area contributed by atoms with Crippen LogP contribution >= 0.6 is 22.9 Å². The zero-order valence-corrected chi connectivity index (χ0v) is 15.5. The highest BCUT2D eigenvalue weighted by atomic mass is 35.5. The zero-order chi connectivity index (χ0) is 17.3. The van der Waals surface area contributed by atoms with Crippen LogP contribution in [0.5, 0.6) is 0 Å². The van der Waals surface area contributed by atoms with E-state index in [9.17, 15) is 13.2 Å². The molecule has 0 saturated heterocycles. The van der Waals surface area contributed by atoms with Crippen LogP contribution in [0.15, 0.2) is 40.6 Å². The first-order valence-electron chi connectivity index (χ1n) is 7.44. The number of benzene rings is 1. The lowest BCUT2D eigenvalue weighted by atomic mass is 10.00. The Morgan fingerprint density at radius 1 is 1.25 bits per heavy atom. The van der Waals surface area contributed by atoms with Crippen LogP contribution in [0.3, 0.4) is 0 Å². The van der Waals surface area contributed by atoms with E-state index in [1.807, 2.05) is 18.2 Å². The summed E-state index contributed by atoms with van der Waals surface area (Å²) >= 11 is 6.79. The summed E-state index contributed by atoms with van der Waals surface area (Å²) in [6.07, 6.45) is 0.791. The Kier molecular flexibility index (Phi) is 4.96.